The molecule has 2 rings (SSSR count). The minimum absolute atomic E-state index is 0.120. The highest BCUT2D eigenvalue weighted by Gasteiger charge is 2.32. The van der Waals surface area contributed by atoms with Gasteiger partial charge in [-0.3, -0.25) is 14.5 Å². The maximum atomic E-state index is 12.5. The number of carbonyl (C=O) groups is 2. The van der Waals surface area contributed by atoms with Crippen LogP contribution in [0.1, 0.15) is 32.6 Å². The molecule has 114 valence electrons. The van der Waals surface area contributed by atoms with Crippen LogP contribution in [0.15, 0.2) is 0 Å². The summed E-state index contributed by atoms with van der Waals surface area (Å²) in [5.74, 6) is 0.847. The fourth-order valence-corrected chi connectivity index (χ4v) is 3.34. The van der Waals surface area contributed by atoms with E-state index in [0.717, 1.165) is 51.9 Å². The number of aliphatic hydroxyl groups is 1. The molecule has 20 heavy (non-hydrogen) atoms. The van der Waals surface area contributed by atoms with Crippen LogP contribution >= 0.6 is 0 Å². The van der Waals surface area contributed by atoms with Crippen LogP contribution in [0.3, 0.4) is 0 Å². The normalized spacial score (nSPS) is 28.4. The van der Waals surface area contributed by atoms with E-state index in [-0.39, 0.29) is 30.1 Å². The van der Waals surface area contributed by atoms with Crippen molar-refractivity contribution < 1.29 is 14.7 Å². The van der Waals surface area contributed by atoms with Crippen LogP contribution in [0.4, 0.5) is 0 Å². The number of ketones is 1. The fourth-order valence-electron chi connectivity index (χ4n) is 3.34. The third-order valence-corrected chi connectivity index (χ3v) is 4.75. The molecule has 1 amide bonds. The van der Waals surface area contributed by atoms with Crippen molar-refractivity contribution in [2.45, 2.75) is 32.6 Å². The van der Waals surface area contributed by atoms with Crippen molar-refractivity contribution in [2.75, 3.05) is 39.3 Å². The van der Waals surface area contributed by atoms with Crippen molar-refractivity contribution in [3.05, 3.63) is 0 Å². The quantitative estimate of drug-likeness (QED) is 0.816. The predicted molar refractivity (Wildman–Crippen MR) is 76.2 cm³/mol. The smallest absolute Gasteiger partial charge is 0.225 e. The molecule has 5 nitrogen and oxygen atoms in total. The van der Waals surface area contributed by atoms with Gasteiger partial charge in [0.25, 0.3) is 0 Å². The first-order chi connectivity index (χ1) is 9.61. The molecule has 2 fully saturated rings. The second-order valence-corrected chi connectivity index (χ2v) is 6.05. The zero-order chi connectivity index (χ0) is 14.5. The SMILES string of the molecule is CC(=O)[C@H]1CC[C@H](C(=O)N2CCN(CCO)CC2)CC1. The number of hydrogen-bond donors (Lipinski definition) is 1. The lowest BCUT2D eigenvalue weighted by molar-refractivity contribution is -0.139. The lowest BCUT2D eigenvalue weighted by Crippen LogP contribution is -2.51. The molecule has 1 aliphatic carbocycles. The molecule has 0 radical (unpaired) electrons. The van der Waals surface area contributed by atoms with Gasteiger partial charge < -0.3 is 10.0 Å². The molecule has 0 aromatic heterocycles. The van der Waals surface area contributed by atoms with E-state index in [1.54, 1.807) is 6.92 Å². The van der Waals surface area contributed by atoms with Gasteiger partial charge in [0, 0.05) is 44.6 Å². The van der Waals surface area contributed by atoms with Crippen LogP contribution in [0.5, 0.6) is 0 Å². The fraction of sp³-hybridized carbons (Fsp3) is 0.867. The van der Waals surface area contributed by atoms with Crippen molar-refractivity contribution in [1.29, 1.82) is 0 Å². The molecule has 1 saturated heterocycles. The Morgan fingerprint density at radius 2 is 1.55 bits per heavy atom. The minimum atomic E-state index is 0.120. The van der Waals surface area contributed by atoms with E-state index in [1.807, 2.05) is 4.90 Å². The Bertz CT molecular complexity index is 343. The number of hydrogen-bond acceptors (Lipinski definition) is 4. The summed E-state index contributed by atoms with van der Waals surface area (Å²) in [5, 5.41) is 8.92. The predicted octanol–water partition coefficient (Wildman–Crippen LogP) is 0.518. The molecular weight excluding hydrogens is 256 g/mol. The van der Waals surface area contributed by atoms with Crippen molar-refractivity contribution in [2.24, 2.45) is 11.8 Å². The second kappa shape index (κ2) is 7.18. The van der Waals surface area contributed by atoms with Crippen LogP contribution < -0.4 is 0 Å². The molecule has 0 aromatic carbocycles. The first-order valence-corrected chi connectivity index (χ1v) is 7.74. The summed E-state index contributed by atoms with van der Waals surface area (Å²) in [6.45, 7) is 5.79. The van der Waals surface area contributed by atoms with Crippen molar-refractivity contribution >= 4 is 11.7 Å². The topological polar surface area (TPSA) is 60.9 Å². The molecule has 1 aliphatic heterocycles. The van der Waals surface area contributed by atoms with Gasteiger partial charge in [-0.05, 0) is 32.6 Å². The average Bonchev–Trinajstić information content (AvgIpc) is 2.48. The lowest BCUT2D eigenvalue weighted by atomic mass is 9.79. The molecule has 2 aliphatic rings. The largest absolute Gasteiger partial charge is 0.395 e. The van der Waals surface area contributed by atoms with Crippen LogP contribution in [-0.4, -0.2) is 65.9 Å². The van der Waals surface area contributed by atoms with E-state index in [9.17, 15) is 9.59 Å². The summed E-state index contributed by atoms with van der Waals surface area (Å²) in [7, 11) is 0. The standard InChI is InChI=1S/C15H26N2O3/c1-12(19)13-2-4-14(5-3-13)15(20)17-8-6-16(7-9-17)10-11-18/h13-14,18H,2-11H2,1H3/t13-,14-. The number of Topliss-reactive ketones (excluding diaryl/α,β-unsaturated/α-hetero) is 1. The summed E-state index contributed by atoms with van der Waals surface area (Å²) in [4.78, 5) is 28.0. The highest BCUT2D eigenvalue weighted by Crippen LogP contribution is 2.30. The maximum absolute atomic E-state index is 12.5. The van der Waals surface area contributed by atoms with E-state index < -0.39 is 0 Å². The minimum Gasteiger partial charge on any atom is -0.395 e. The van der Waals surface area contributed by atoms with Gasteiger partial charge in [0.1, 0.15) is 5.78 Å². The number of piperazine rings is 1. The third-order valence-electron chi connectivity index (χ3n) is 4.75. The highest BCUT2D eigenvalue weighted by molar-refractivity contribution is 5.81. The molecule has 0 aromatic rings. The summed E-state index contributed by atoms with van der Waals surface area (Å²) in [5.41, 5.74) is 0. The first-order valence-electron chi connectivity index (χ1n) is 7.74. The lowest BCUT2D eigenvalue weighted by Gasteiger charge is -2.37. The van der Waals surface area contributed by atoms with Crippen LogP contribution in [-0.2, 0) is 9.59 Å². The molecule has 0 atom stereocenters. The molecule has 0 unspecified atom stereocenters. The maximum Gasteiger partial charge on any atom is 0.225 e. The van der Waals surface area contributed by atoms with Crippen LogP contribution in [0, 0.1) is 11.8 Å². The highest BCUT2D eigenvalue weighted by atomic mass is 16.3. The van der Waals surface area contributed by atoms with Gasteiger partial charge in [0.15, 0.2) is 0 Å². The summed E-state index contributed by atoms with van der Waals surface area (Å²) in [6, 6.07) is 0. The summed E-state index contributed by atoms with van der Waals surface area (Å²) >= 11 is 0. The third kappa shape index (κ3) is 3.79. The number of amides is 1. The van der Waals surface area contributed by atoms with E-state index >= 15 is 0 Å². The van der Waals surface area contributed by atoms with Gasteiger partial charge in [-0.25, -0.2) is 0 Å². The van der Waals surface area contributed by atoms with Crippen molar-refractivity contribution in [1.82, 2.24) is 9.80 Å². The Balaban J connectivity index is 1.77. The summed E-state index contributed by atoms with van der Waals surface area (Å²) in [6.07, 6.45) is 3.46. The number of aliphatic hydroxyl groups excluding tert-OH is 1. The number of nitrogens with zero attached hydrogens (tertiary/aromatic N) is 2. The Morgan fingerprint density at radius 3 is 2.05 bits per heavy atom. The van der Waals surface area contributed by atoms with Gasteiger partial charge in [-0.2, -0.15) is 0 Å². The Labute approximate surface area is 120 Å². The average molecular weight is 282 g/mol. The van der Waals surface area contributed by atoms with Crippen molar-refractivity contribution in [3.63, 3.8) is 0 Å². The van der Waals surface area contributed by atoms with Gasteiger partial charge >= 0.3 is 0 Å². The van der Waals surface area contributed by atoms with E-state index in [0.29, 0.717) is 6.54 Å². The molecule has 0 spiro atoms. The molecular formula is C15H26N2O3. The Kier molecular flexibility index (Phi) is 5.54. The van der Waals surface area contributed by atoms with Gasteiger partial charge in [0.2, 0.25) is 5.91 Å². The van der Waals surface area contributed by atoms with Gasteiger partial charge in [-0.15, -0.1) is 0 Å². The molecule has 1 heterocycles. The summed E-state index contributed by atoms with van der Waals surface area (Å²) < 4.78 is 0. The van der Waals surface area contributed by atoms with Gasteiger partial charge in [-0.1, -0.05) is 0 Å². The van der Waals surface area contributed by atoms with Gasteiger partial charge in [0.05, 0.1) is 6.61 Å². The molecule has 0 bridgehead atoms. The monoisotopic (exact) mass is 282 g/mol. The zero-order valence-corrected chi connectivity index (χ0v) is 12.4. The number of rotatable bonds is 4. The van der Waals surface area contributed by atoms with E-state index in [4.69, 9.17) is 5.11 Å². The van der Waals surface area contributed by atoms with Crippen molar-refractivity contribution in [3.8, 4) is 0 Å². The first kappa shape index (κ1) is 15.4. The van der Waals surface area contributed by atoms with Crippen LogP contribution in [0.2, 0.25) is 0 Å². The second-order valence-electron chi connectivity index (χ2n) is 6.05. The van der Waals surface area contributed by atoms with E-state index in [1.165, 1.54) is 0 Å². The molecule has 1 saturated carbocycles. The number of carbonyl (C=O) groups excluding carboxylic acids is 2. The zero-order valence-electron chi connectivity index (χ0n) is 12.4. The Morgan fingerprint density at radius 1 is 1.00 bits per heavy atom. The number of β-amino-alcohol motifs (C(OH)–C–C–N with tert-alkyl or cyclic N) is 1. The molecule has 1 N–H and O–H groups in total. The van der Waals surface area contributed by atoms with Crippen LogP contribution in [0.25, 0.3) is 0 Å². The van der Waals surface area contributed by atoms with E-state index in [2.05, 4.69) is 4.90 Å². The Hall–Kier alpha value is -0.940. The molecule has 5 heteroatoms.